The quantitative estimate of drug-likeness (QED) is 0.362. The zero-order valence-corrected chi connectivity index (χ0v) is 22.4. The van der Waals surface area contributed by atoms with E-state index in [4.69, 9.17) is 0 Å². The molecule has 0 bridgehead atoms. The third kappa shape index (κ3) is 12.4. The molecule has 0 unspecified atom stereocenters. The van der Waals surface area contributed by atoms with E-state index in [0.717, 1.165) is 43.7 Å². The molecule has 2 aliphatic rings. The van der Waals surface area contributed by atoms with Crippen molar-refractivity contribution in [1.82, 2.24) is 4.90 Å². The van der Waals surface area contributed by atoms with E-state index in [1.165, 1.54) is 38.5 Å². The van der Waals surface area contributed by atoms with Crippen LogP contribution >= 0.6 is 0 Å². The highest BCUT2D eigenvalue weighted by Crippen LogP contribution is 2.57. The highest BCUT2D eigenvalue weighted by molar-refractivity contribution is 5.02. The summed E-state index contributed by atoms with van der Waals surface area (Å²) in [5.41, 5.74) is 0.388. The van der Waals surface area contributed by atoms with Crippen molar-refractivity contribution in [3.05, 3.63) is 0 Å². The molecule has 0 atom stereocenters. The highest BCUT2D eigenvalue weighted by Gasteiger charge is 2.52. The summed E-state index contributed by atoms with van der Waals surface area (Å²) in [6, 6.07) is 0. The smallest absolute Gasteiger partial charge is 0.111 e. The molecule has 29 heavy (non-hydrogen) atoms. The van der Waals surface area contributed by atoms with E-state index >= 15 is 0 Å². The summed E-state index contributed by atoms with van der Waals surface area (Å²) in [4.78, 5) is 2.25. The molecular formula is C27H58FN. The highest BCUT2D eigenvalue weighted by atomic mass is 19.1. The molecule has 0 aromatic heterocycles. The SMILES string of the molecule is CC.CCC1(CC(C)C)CC1.CCCC1(CC)CC(F)(CC)C1.CCN(C)CC. The summed E-state index contributed by atoms with van der Waals surface area (Å²) in [6.45, 7) is 24.0. The molecule has 0 amide bonds. The van der Waals surface area contributed by atoms with Crippen molar-refractivity contribution in [2.24, 2.45) is 16.7 Å². The molecule has 0 radical (unpaired) electrons. The van der Waals surface area contributed by atoms with Gasteiger partial charge in [0, 0.05) is 0 Å². The first-order chi connectivity index (χ1) is 13.6. The number of hydrogen-bond donors (Lipinski definition) is 0. The Morgan fingerprint density at radius 1 is 0.793 bits per heavy atom. The van der Waals surface area contributed by atoms with E-state index in [2.05, 4.69) is 60.4 Å². The molecule has 0 heterocycles. The molecule has 1 nitrogen and oxygen atoms in total. The number of hydrogen-bond acceptors (Lipinski definition) is 1. The summed E-state index contributed by atoms with van der Waals surface area (Å²) in [6.07, 6.45) is 11.8. The van der Waals surface area contributed by atoms with Crippen LogP contribution in [0, 0.1) is 16.7 Å². The Hall–Kier alpha value is -0.110. The first-order valence-corrected chi connectivity index (χ1v) is 13.0. The van der Waals surface area contributed by atoms with Gasteiger partial charge >= 0.3 is 0 Å². The molecular weight excluding hydrogens is 357 g/mol. The van der Waals surface area contributed by atoms with Crippen LogP contribution in [0.2, 0.25) is 0 Å². The van der Waals surface area contributed by atoms with E-state index in [1.807, 2.05) is 20.8 Å². The Kier molecular flexibility index (Phi) is 16.8. The second kappa shape index (κ2) is 15.7. The average molecular weight is 416 g/mol. The van der Waals surface area contributed by atoms with Gasteiger partial charge in [0.1, 0.15) is 5.67 Å². The maximum Gasteiger partial charge on any atom is 0.111 e. The normalized spacial score (nSPS) is 26.3. The van der Waals surface area contributed by atoms with Gasteiger partial charge in [0.05, 0.1) is 0 Å². The Bertz CT molecular complexity index is 363. The van der Waals surface area contributed by atoms with Gasteiger partial charge in [-0.3, -0.25) is 0 Å². The maximum absolute atomic E-state index is 13.6. The second-order valence-electron chi connectivity index (χ2n) is 9.90. The fourth-order valence-corrected chi connectivity index (χ4v) is 4.64. The van der Waals surface area contributed by atoms with Crippen molar-refractivity contribution < 1.29 is 4.39 Å². The molecule has 0 aromatic carbocycles. The standard InChI is InChI=1S/C11H21F.C9H18.C5H13N.C2H6/c1-4-7-10(5-2)8-11(12,6-3)9-10;1-4-9(5-6-9)7-8(2)3;1-4-6(3)5-2;1-2/h4-9H2,1-3H3;8H,4-7H2,1-3H3;4-5H2,1-3H3;1-2H3. The van der Waals surface area contributed by atoms with Gasteiger partial charge < -0.3 is 4.90 Å². The van der Waals surface area contributed by atoms with E-state index in [9.17, 15) is 4.39 Å². The van der Waals surface area contributed by atoms with Crippen LogP contribution in [-0.2, 0) is 0 Å². The van der Waals surface area contributed by atoms with Crippen LogP contribution in [0.3, 0.4) is 0 Å². The van der Waals surface area contributed by atoms with E-state index in [0.29, 0.717) is 11.8 Å². The molecule has 2 rings (SSSR count). The Morgan fingerprint density at radius 2 is 1.24 bits per heavy atom. The van der Waals surface area contributed by atoms with Crippen LogP contribution in [0.5, 0.6) is 0 Å². The van der Waals surface area contributed by atoms with Crippen LogP contribution in [0.15, 0.2) is 0 Å². The van der Waals surface area contributed by atoms with Crippen molar-refractivity contribution in [3.8, 4) is 0 Å². The summed E-state index contributed by atoms with van der Waals surface area (Å²) in [5.74, 6) is 0.910. The monoisotopic (exact) mass is 415 g/mol. The fraction of sp³-hybridized carbons (Fsp3) is 1.00. The van der Waals surface area contributed by atoms with Crippen LogP contribution in [-0.4, -0.2) is 30.7 Å². The topological polar surface area (TPSA) is 3.24 Å². The average Bonchev–Trinajstić information content (AvgIpc) is 3.47. The number of nitrogens with zero attached hydrogens (tertiary/aromatic N) is 1. The van der Waals surface area contributed by atoms with Crippen LogP contribution < -0.4 is 0 Å². The van der Waals surface area contributed by atoms with Gasteiger partial charge in [-0.2, -0.15) is 0 Å². The minimum absolute atomic E-state index is 0.375. The number of halogens is 1. The number of alkyl halides is 1. The van der Waals surface area contributed by atoms with Gasteiger partial charge in [0.25, 0.3) is 0 Å². The van der Waals surface area contributed by atoms with Gasteiger partial charge in [0.15, 0.2) is 0 Å². The van der Waals surface area contributed by atoms with Gasteiger partial charge in [0.2, 0.25) is 0 Å². The van der Waals surface area contributed by atoms with Crippen LogP contribution in [0.25, 0.3) is 0 Å². The third-order valence-corrected chi connectivity index (χ3v) is 7.18. The minimum atomic E-state index is -0.800. The lowest BCUT2D eigenvalue weighted by Gasteiger charge is -2.51. The predicted octanol–water partition coefficient (Wildman–Crippen LogP) is 9.30. The van der Waals surface area contributed by atoms with Crippen molar-refractivity contribution in [2.75, 3.05) is 20.1 Å². The van der Waals surface area contributed by atoms with Crippen molar-refractivity contribution in [1.29, 1.82) is 0 Å². The van der Waals surface area contributed by atoms with Crippen molar-refractivity contribution in [2.45, 2.75) is 139 Å². The molecule has 2 saturated carbocycles. The van der Waals surface area contributed by atoms with Gasteiger partial charge in [-0.05, 0) is 81.8 Å². The first kappa shape index (κ1) is 31.1. The summed E-state index contributed by atoms with van der Waals surface area (Å²) >= 11 is 0. The third-order valence-electron chi connectivity index (χ3n) is 7.18. The molecule has 0 aliphatic heterocycles. The summed E-state index contributed by atoms with van der Waals surface area (Å²) in [5, 5.41) is 0. The number of rotatable bonds is 9. The summed E-state index contributed by atoms with van der Waals surface area (Å²) in [7, 11) is 2.11. The molecule has 2 fully saturated rings. The zero-order chi connectivity index (χ0) is 23.1. The molecule has 2 heteroatoms. The largest absolute Gasteiger partial charge is 0.307 e. The predicted molar refractivity (Wildman–Crippen MR) is 133 cm³/mol. The van der Waals surface area contributed by atoms with Gasteiger partial charge in [-0.25, -0.2) is 4.39 Å². The second-order valence-corrected chi connectivity index (χ2v) is 9.90. The summed E-state index contributed by atoms with van der Waals surface area (Å²) < 4.78 is 13.6. The van der Waals surface area contributed by atoms with Crippen molar-refractivity contribution >= 4 is 0 Å². The molecule has 0 spiro atoms. The Labute approximate surface area is 185 Å². The first-order valence-electron chi connectivity index (χ1n) is 13.0. The van der Waals surface area contributed by atoms with E-state index in [1.54, 1.807) is 0 Å². The Balaban J connectivity index is 0. The molecule has 0 aromatic rings. The van der Waals surface area contributed by atoms with E-state index in [-0.39, 0.29) is 0 Å². The molecule has 0 N–H and O–H groups in total. The van der Waals surface area contributed by atoms with E-state index < -0.39 is 5.67 Å². The molecule has 0 saturated heterocycles. The minimum Gasteiger partial charge on any atom is -0.307 e. The van der Waals surface area contributed by atoms with Gasteiger partial charge in [-0.15, -0.1) is 0 Å². The van der Waals surface area contributed by atoms with Crippen molar-refractivity contribution in [3.63, 3.8) is 0 Å². The van der Waals surface area contributed by atoms with Crippen LogP contribution in [0.4, 0.5) is 4.39 Å². The zero-order valence-electron chi connectivity index (χ0n) is 22.4. The fourth-order valence-electron chi connectivity index (χ4n) is 4.64. The lowest BCUT2D eigenvalue weighted by atomic mass is 9.56. The van der Waals surface area contributed by atoms with Crippen LogP contribution in [0.1, 0.15) is 133 Å². The maximum atomic E-state index is 13.6. The lowest BCUT2D eigenvalue weighted by molar-refractivity contribution is -0.0777. The Morgan fingerprint density at radius 3 is 1.41 bits per heavy atom. The molecule has 2 aliphatic carbocycles. The molecule has 178 valence electrons. The van der Waals surface area contributed by atoms with Gasteiger partial charge in [-0.1, -0.05) is 88.5 Å². The lowest BCUT2D eigenvalue weighted by Crippen LogP contribution is -2.48.